The van der Waals surface area contributed by atoms with E-state index in [2.05, 4.69) is 154 Å². The van der Waals surface area contributed by atoms with Gasteiger partial charge in [-0.15, -0.1) is 11.3 Å². The van der Waals surface area contributed by atoms with Crippen LogP contribution in [0.3, 0.4) is 0 Å². The Morgan fingerprint density at radius 3 is 1.54 bits per heavy atom. The zero-order valence-corrected chi connectivity index (χ0v) is 38.9. The molecule has 0 radical (unpaired) electrons. The Morgan fingerprint density at radius 1 is 0.348 bits per heavy atom. The lowest BCUT2D eigenvalue weighted by atomic mass is 9.85. The van der Waals surface area contributed by atoms with E-state index < -0.39 is 0 Å². The quantitative estimate of drug-likeness (QED) is 0.128. The van der Waals surface area contributed by atoms with E-state index in [1.165, 1.54) is 5.56 Å². The Bertz CT molecular complexity index is 4410. The lowest BCUT2D eigenvalue weighted by Crippen LogP contribution is -2.10. The maximum Gasteiger partial charge on any atom is 0.345 e. The van der Waals surface area contributed by atoms with Crippen LogP contribution in [0.1, 0.15) is 26.3 Å². The maximum atomic E-state index is 13.9. The van der Waals surface area contributed by atoms with Crippen molar-refractivity contribution in [2.45, 2.75) is 26.2 Å². The lowest BCUT2D eigenvalue weighted by molar-refractivity contribution is 0.564. The summed E-state index contributed by atoms with van der Waals surface area (Å²) in [6, 6.07) is 69.4. The Hall–Kier alpha value is -8.38. The van der Waals surface area contributed by atoms with E-state index in [1.54, 1.807) is 11.3 Å². The molecule has 0 unspecified atom stereocenters. The van der Waals surface area contributed by atoms with Gasteiger partial charge in [-0.05, 0) is 129 Å². The van der Waals surface area contributed by atoms with Gasteiger partial charge in [0.15, 0.2) is 0 Å². The molecule has 328 valence electrons. The molecule has 0 atom stereocenters. The van der Waals surface area contributed by atoms with Crippen molar-refractivity contribution >= 4 is 87.1 Å². The van der Waals surface area contributed by atoms with E-state index in [-0.39, 0.29) is 16.7 Å². The predicted molar refractivity (Wildman–Crippen MR) is 290 cm³/mol. The molecule has 3 heterocycles. The number of fused-ring (bicyclic) bond motifs is 11. The molecule has 0 aliphatic heterocycles. The van der Waals surface area contributed by atoms with Crippen LogP contribution < -0.4 is 11.3 Å². The molecule has 0 bridgehead atoms. The molecule has 0 saturated carbocycles. The fourth-order valence-electron chi connectivity index (χ4n) is 10.5. The summed E-state index contributed by atoms with van der Waals surface area (Å²) in [6.07, 6.45) is 0. The van der Waals surface area contributed by atoms with Crippen LogP contribution in [0.25, 0.3) is 130 Å². The smallest absolute Gasteiger partial charge is 0.345 e. The first-order valence-corrected chi connectivity index (χ1v) is 24.1. The van der Waals surface area contributed by atoms with Crippen LogP contribution in [0.4, 0.5) is 0 Å². The van der Waals surface area contributed by atoms with Crippen molar-refractivity contribution in [2.75, 3.05) is 0 Å². The summed E-state index contributed by atoms with van der Waals surface area (Å²) in [6.45, 7) is 6.66. The fraction of sp³-hybridized carbons (Fsp3) is 0.0625. The first-order chi connectivity index (χ1) is 33.7. The summed E-state index contributed by atoms with van der Waals surface area (Å²) >= 11 is 1.61. The van der Waals surface area contributed by atoms with Gasteiger partial charge < -0.3 is 8.83 Å². The van der Waals surface area contributed by atoms with Crippen molar-refractivity contribution in [3.05, 3.63) is 227 Å². The van der Waals surface area contributed by atoms with Gasteiger partial charge in [-0.3, -0.25) is 0 Å². The summed E-state index contributed by atoms with van der Waals surface area (Å²) in [5.41, 5.74) is 9.12. The van der Waals surface area contributed by atoms with Crippen molar-refractivity contribution in [1.82, 2.24) is 0 Å². The molecule has 0 N–H and O–H groups in total. The lowest BCUT2D eigenvalue weighted by Gasteiger charge is -2.19. The van der Waals surface area contributed by atoms with Gasteiger partial charge in [0.1, 0.15) is 11.2 Å². The molecule has 0 aliphatic rings. The number of thiophene rings is 1. The second-order valence-electron chi connectivity index (χ2n) is 19.0. The summed E-state index contributed by atoms with van der Waals surface area (Å²) < 4.78 is 12.2. The van der Waals surface area contributed by atoms with Crippen LogP contribution in [0.15, 0.2) is 219 Å². The minimum absolute atomic E-state index is 0.0238. The van der Waals surface area contributed by atoms with Crippen LogP contribution in [0.2, 0.25) is 0 Å². The summed E-state index contributed by atoms with van der Waals surface area (Å²) in [5, 5.41) is 12.7. The van der Waals surface area contributed by atoms with E-state index in [4.69, 9.17) is 8.83 Å². The Kier molecular flexibility index (Phi) is 9.23. The minimum Gasteiger partial charge on any atom is -0.422 e. The third-order valence-corrected chi connectivity index (χ3v) is 15.1. The molecule has 10 aromatic carbocycles. The molecule has 69 heavy (non-hydrogen) atoms. The van der Waals surface area contributed by atoms with Gasteiger partial charge in [-0.25, -0.2) is 9.59 Å². The molecule has 0 saturated heterocycles. The molecule has 13 rings (SSSR count). The predicted octanol–water partition coefficient (Wildman–Crippen LogP) is 17.4. The van der Waals surface area contributed by atoms with Gasteiger partial charge in [0.25, 0.3) is 0 Å². The fourth-order valence-corrected chi connectivity index (χ4v) is 11.6. The number of benzene rings is 10. The van der Waals surface area contributed by atoms with Gasteiger partial charge >= 0.3 is 11.3 Å². The normalized spacial score (nSPS) is 12.1. The van der Waals surface area contributed by atoms with Gasteiger partial charge in [-0.2, -0.15) is 0 Å². The first-order valence-electron chi connectivity index (χ1n) is 23.3. The second kappa shape index (κ2) is 15.6. The van der Waals surface area contributed by atoms with Crippen LogP contribution in [0.5, 0.6) is 0 Å². The Labute approximate surface area is 401 Å². The van der Waals surface area contributed by atoms with Crippen LogP contribution in [-0.4, -0.2) is 0 Å². The molecule has 0 fully saturated rings. The number of hydrogen-bond donors (Lipinski definition) is 0. The second-order valence-corrected chi connectivity index (χ2v) is 20.1. The highest BCUT2D eigenvalue weighted by atomic mass is 32.1. The molecule has 0 amide bonds. The van der Waals surface area contributed by atoms with Crippen LogP contribution in [0, 0.1) is 0 Å². The first kappa shape index (κ1) is 40.9. The Morgan fingerprint density at radius 2 is 0.855 bits per heavy atom. The number of rotatable bonds is 5. The SMILES string of the molecule is CC(C)(C)c1ccc2c(ccc3oc(=O)c(-c4ccc(-c5cccc6c(-c7cccc8c(-c9cccc(-c%10cc%11c%12ccccc%12c%12ccccc%12c%11oc%10=O)c9)cccc78)cccc56)s4)cc32)c1. The molecule has 0 aliphatic carbocycles. The highest BCUT2D eigenvalue weighted by Gasteiger charge is 2.20. The zero-order chi connectivity index (χ0) is 46.5. The molecule has 13 aromatic rings. The average Bonchev–Trinajstić information content (AvgIpc) is 3.87. The summed E-state index contributed by atoms with van der Waals surface area (Å²) in [5.74, 6) is 0. The van der Waals surface area contributed by atoms with Crippen molar-refractivity contribution < 1.29 is 8.83 Å². The van der Waals surface area contributed by atoms with E-state index >= 15 is 0 Å². The molecule has 3 aromatic heterocycles. The van der Waals surface area contributed by atoms with Gasteiger partial charge in [-0.1, -0.05) is 185 Å². The van der Waals surface area contributed by atoms with Crippen molar-refractivity contribution in [3.8, 4) is 54.3 Å². The van der Waals surface area contributed by atoms with Crippen LogP contribution in [-0.2, 0) is 5.41 Å². The highest BCUT2D eigenvalue weighted by molar-refractivity contribution is 7.18. The molecule has 4 nitrogen and oxygen atoms in total. The van der Waals surface area contributed by atoms with Crippen molar-refractivity contribution in [3.63, 3.8) is 0 Å². The van der Waals surface area contributed by atoms with E-state index in [0.29, 0.717) is 22.3 Å². The maximum absolute atomic E-state index is 13.9. The monoisotopic (exact) mass is 906 g/mol. The van der Waals surface area contributed by atoms with Gasteiger partial charge in [0.05, 0.1) is 11.1 Å². The van der Waals surface area contributed by atoms with Crippen molar-refractivity contribution in [2.24, 2.45) is 0 Å². The molecule has 5 heteroatoms. The third kappa shape index (κ3) is 6.64. The molecular formula is C64H42O4S. The van der Waals surface area contributed by atoms with E-state index in [0.717, 1.165) is 108 Å². The largest absolute Gasteiger partial charge is 0.422 e. The number of hydrogen-bond acceptors (Lipinski definition) is 5. The van der Waals surface area contributed by atoms with E-state index in [9.17, 15) is 9.59 Å². The van der Waals surface area contributed by atoms with Gasteiger partial charge in [0, 0.05) is 25.9 Å². The highest BCUT2D eigenvalue weighted by Crippen LogP contribution is 2.43. The standard InChI is InChI=1S/C64H42O4S/c1-64(2,3)40-28-29-42-39(34-40)27-30-58-55(42)36-57(63(66)67-58)60-32-31-59(69-60)52-26-12-24-48-47(23-11-25-49(48)52)46-22-10-20-43-41(19-9-21-45(43)46)37-13-8-14-38(33-37)54-35-56-51-17-5-4-15-44(51)50-16-6-7-18-53(50)61(56)68-62(54)65/h4-36H,1-3H3. The topological polar surface area (TPSA) is 60.4 Å². The van der Waals surface area contributed by atoms with Crippen molar-refractivity contribution in [1.29, 1.82) is 0 Å². The van der Waals surface area contributed by atoms with Gasteiger partial charge in [0.2, 0.25) is 0 Å². The minimum atomic E-state index is -0.364. The average molecular weight is 907 g/mol. The summed E-state index contributed by atoms with van der Waals surface area (Å²) in [4.78, 5) is 29.4. The molecular weight excluding hydrogens is 865 g/mol. The zero-order valence-electron chi connectivity index (χ0n) is 38.1. The van der Waals surface area contributed by atoms with Crippen LogP contribution >= 0.6 is 11.3 Å². The molecule has 0 spiro atoms. The summed E-state index contributed by atoms with van der Waals surface area (Å²) in [7, 11) is 0. The Balaban J connectivity index is 0.882. The van der Waals surface area contributed by atoms with E-state index in [1.807, 2.05) is 66.7 Å². The third-order valence-electron chi connectivity index (χ3n) is 14.0.